The summed E-state index contributed by atoms with van der Waals surface area (Å²) in [6.07, 6.45) is 6.29. The second-order valence-corrected chi connectivity index (χ2v) is 5.27. The van der Waals surface area contributed by atoms with Crippen LogP contribution < -0.4 is 0 Å². The van der Waals surface area contributed by atoms with Crippen LogP contribution in [0.1, 0.15) is 39.0 Å². The smallest absolute Gasteiger partial charge is 0.114 e. The molecule has 1 saturated heterocycles. The van der Waals surface area contributed by atoms with Crippen molar-refractivity contribution < 1.29 is 24.8 Å². The van der Waals surface area contributed by atoms with E-state index in [0.29, 0.717) is 6.61 Å². The van der Waals surface area contributed by atoms with Crippen molar-refractivity contribution in [3.8, 4) is 0 Å². The highest BCUT2D eigenvalue weighted by Gasteiger charge is 2.39. The molecule has 5 nitrogen and oxygen atoms in total. The van der Waals surface area contributed by atoms with E-state index in [-0.39, 0.29) is 13.2 Å². The van der Waals surface area contributed by atoms with Crippen molar-refractivity contribution in [2.45, 2.75) is 63.4 Å². The number of unbranched alkanes of at least 4 members (excludes halogenated alkanes) is 4. The van der Waals surface area contributed by atoms with Crippen LogP contribution in [0, 0.1) is 0 Å². The molecule has 4 atom stereocenters. The number of hydrogen-bond acceptors (Lipinski definition) is 5. The predicted octanol–water partition coefficient (Wildman–Crippen LogP) is 1.01. The van der Waals surface area contributed by atoms with E-state index in [0.717, 1.165) is 19.3 Å². The van der Waals surface area contributed by atoms with Crippen molar-refractivity contribution in [1.82, 2.24) is 0 Å². The van der Waals surface area contributed by atoms with Gasteiger partial charge in [-0.1, -0.05) is 25.0 Å². The molecule has 0 aromatic heterocycles. The quantitative estimate of drug-likeness (QED) is 0.413. The van der Waals surface area contributed by atoms with E-state index in [4.69, 9.17) is 9.47 Å². The fraction of sp³-hybridized carbons (Fsp3) is 0.867. The van der Waals surface area contributed by atoms with Crippen LogP contribution in [0.2, 0.25) is 0 Å². The highest BCUT2D eigenvalue weighted by atomic mass is 16.5. The van der Waals surface area contributed by atoms with Crippen molar-refractivity contribution >= 4 is 0 Å². The number of aliphatic hydroxyl groups excluding tert-OH is 3. The maximum atomic E-state index is 9.81. The zero-order valence-corrected chi connectivity index (χ0v) is 12.3. The minimum absolute atomic E-state index is 0.0646. The SMILES string of the molecule is C/C=C/CCCCCCOC[C@@H](O)[C@H]1OC[C@H](O)[C@H]1O. The van der Waals surface area contributed by atoms with E-state index < -0.39 is 24.4 Å². The molecule has 1 aliphatic rings. The molecule has 0 spiro atoms. The molecule has 5 heteroatoms. The molecule has 1 heterocycles. The predicted molar refractivity (Wildman–Crippen MR) is 76.5 cm³/mol. The molecule has 0 saturated carbocycles. The molecular weight excluding hydrogens is 260 g/mol. The van der Waals surface area contributed by atoms with E-state index in [1.165, 1.54) is 12.8 Å². The van der Waals surface area contributed by atoms with Crippen molar-refractivity contribution in [2.75, 3.05) is 19.8 Å². The van der Waals surface area contributed by atoms with E-state index >= 15 is 0 Å². The minimum Gasteiger partial charge on any atom is -0.388 e. The summed E-state index contributed by atoms with van der Waals surface area (Å²) in [5.41, 5.74) is 0. The van der Waals surface area contributed by atoms with Crippen molar-refractivity contribution in [2.24, 2.45) is 0 Å². The van der Waals surface area contributed by atoms with E-state index in [1.54, 1.807) is 0 Å². The average molecular weight is 288 g/mol. The Labute approximate surface area is 121 Å². The van der Waals surface area contributed by atoms with Crippen LogP contribution >= 0.6 is 0 Å². The molecule has 20 heavy (non-hydrogen) atoms. The first-order valence-electron chi connectivity index (χ1n) is 7.51. The maximum Gasteiger partial charge on any atom is 0.114 e. The minimum atomic E-state index is -1.03. The van der Waals surface area contributed by atoms with E-state index in [2.05, 4.69) is 12.2 Å². The molecule has 0 aromatic carbocycles. The molecule has 0 radical (unpaired) electrons. The van der Waals surface area contributed by atoms with Crippen molar-refractivity contribution in [1.29, 1.82) is 0 Å². The number of rotatable bonds is 10. The Kier molecular flexibility index (Phi) is 9.05. The topological polar surface area (TPSA) is 79.2 Å². The normalized spacial score (nSPS) is 28.3. The molecule has 3 N–H and O–H groups in total. The molecule has 0 aliphatic carbocycles. The molecule has 1 rings (SSSR count). The van der Waals surface area contributed by atoms with Crippen LogP contribution in [0.4, 0.5) is 0 Å². The lowest BCUT2D eigenvalue weighted by Crippen LogP contribution is -2.40. The standard InChI is InChI=1S/C15H28O5/c1-2-3-4-5-6-7-8-9-19-10-13(17)15-14(18)12(16)11-20-15/h2-3,12-18H,4-11H2,1H3/b3-2+/t12-,13+,14+,15+/m0/s1. The van der Waals surface area contributed by atoms with Gasteiger partial charge in [0.25, 0.3) is 0 Å². The summed E-state index contributed by atoms with van der Waals surface area (Å²) in [7, 11) is 0. The van der Waals surface area contributed by atoms with Crippen LogP contribution in [0.3, 0.4) is 0 Å². The summed E-state index contributed by atoms with van der Waals surface area (Å²) in [6, 6.07) is 0. The maximum absolute atomic E-state index is 9.81. The Balaban J connectivity index is 1.96. The monoisotopic (exact) mass is 288 g/mol. The largest absolute Gasteiger partial charge is 0.388 e. The fourth-order valence-electron chi connectivity index (χ4n) is 2.25. The summed E-state index contributed by atoms with van der Waals surface area (Å²) in [4.78, 5) is 0. The van der Waals surface area contributed by atoms with Gasteiger partial charge in [0.1, 0.15) is 24.4 Å². The number of aliphatic hydroxyl groups is 3. The lowest BCUT2D eigenvalue weighted by molar-refractivity contribution is -0.0813. The molecule has 1 fully saturated rings. The third-order valence-electron chi connectivity index (χ3n) is 3.50. The highest BCUT2D eigenvalue weighted by molar-refractivity contribution is 4.87. The third-order valence-corrected chi connectivity index (χ3v) is 3.50. The number of hydrogen-bond donors (Lipinski definition) is 3. The Hall–Kier alpha value is -0.460. The molecule has 118 valence electrons. The second-order valence-electron chi connectivity index (χ2n) is 5.27. The van der Waals surface area contributed by atoms with Crippen molar-refractivity contribution in [3.05, 3.63) is 12.2 Å². The van der Waals surface area contributed by atoms with Gasteiger partial charge >= 0.3 is 0 Å². The zero-order valence-electron chi connectivity index (χ0n) is 12.3. The highest BCUT2D eigenvalue weighted by Crippen LogP contribution is 2.17. The van der Waals surface area contributed by atoms with Gasteiger partial charge in [0.05, 0.1) is 13.2 Å². The molecular formula is C15H28O5. The first-order chi connectivity index (χ1) is 9.66. The third kappa shape index (κ3) is 6.33. The van der Waals surface area contributed by atoms with E-state index in [1.807, 2.05) is 6.92 Å². The van der Waals surface area contributed by atoms with Gasteiger partial charge in [-0.05, 0) is 26.2 Å². The Bertz CT molecular complexity index is 269. The van der Waals surface area contributed by atoms with Gasteiger partial charge in [-0.15, -0.1) is 0 Å². The van der Waals surface area contributed by atoms with Crippen molar-refractivity contribution in [3.63, 3.8) is 0 Å². The average Bonchev–Trinajstić information content (AvgIpc) is 2.77. The summed E-state index contributed by atoms with van der Waals surface area (Å²) in [5, 5.41) is 28.7. The summed E-state index contributed by atoms with van der Waals surface area (Å²) in [5.74, 6) is 0. The molecule has 0 amide bonds. The molecule has 0 unspecified atom stereocenters. The van der Waals surface area contributed by atoms with Crippen LogP contribution in [0.5, 0.6) is 0 Å². The summed E-state index contributed by atoms with van der Waals surface area (Å²) < 4.78 is 10.5. The molecule has 1 aliphatic heterocycles. The lowest BCUT2D eigenvalue weighted by Gasteiger charge is -2.20. The van der Waals surface area contributed by atoms with Gasteiger partial charge in [-0.2, -0.15) is 0 Å². The molecule has 0 bridgehead atoms. The van der Waals surface area contributed by atoms with E-state index in [9.17, 15) is 15.3 Å². The van der Waals surface area contributed by atoms with Gasteiger partial charge in [-0.3, -0.25) is 0 Å². The van der Waals surface area contributed by atoms with Gasteiger partial charge < -0.3 is 24.8 Å². The second kappa shape index (κ2) is 10.3. The summed E-state index contributed by atoms with van der Waals surface area (Å²) >= 11 is 0. The van der Waals surface area contributed by atoms with Gasteiger partial charge in [0, 0.05) is 6.61 Å². The Morgan fingerprint density at radius 2 is 2.00 bits per heavy atom. The summed E-state index contributed by atoms with van der Waals surface area (Å²) in [6.45, 7) is 2.83. The van der Waals surface area contributed by atoms with Gasteiger partial charge in [-0.25, -0.2) is 0 Å². The first-order valence-corrected chi connectivity index (χ1v) is 7.51. The van der Waals surface area contributed by atoms with Crippen LogP contribution in [0.15, 0.2) is 12.2 Å². The zero-order chi connectivity index (χ0) is 14.8. The van der Waals surface area contributed by atoms with Gasteiger partial charge in [0.15, 0.2) is 0 Å². The lowest BCUT2D eigenvalue weighted by atomic mass is 10.1. The Morgan fingerprint density at radius 1 is 1.25 bits per heavy atom. The van der Waals surface area contributed by atoms with Crippen LogP contribution in [-0.4, -0.2) is 59.6 Å². The van der Waals surface area contributed by atoms with Gasteiger partial charge in [0.2, 0.25) is 0 Å². The van der Waals surface area contributed by atoms with Crippen LogP contribution in [0.25, 0.3) is 0 Å². The first kappa shape index (κ1) is 17.6. The molecule has 0 aromatic rings. The number of allylic oxidation sites excluding steroid dienone is 2. The number of ether oxygens (including phenoxy) is 2. The fourth-order valence-corrected chi connectivity index (χ4v) is 2.25. The Morgan fingerprint density at radius 3 is 2.65 bits per heavy atom. The van der Waals surface area contributed by atoms with Crippen LogP contribution in [-0.2, 0) is 9.47 Å².